The van der Waals surface area contributed by atoms with Crippen LogP contribution in [0.3, 0.4) is 0 Å². The number of anilines is 2. The molecular formula is C23H21N3O5. The molecule has 0 amide bonds. The number of nitrogens with zero attached hydrogens (tertiary/aromatic N) is 2. The van der Waals surface area contributed by atoms with E-state index in [1.165, 1.54) is 0 Å². The first kappa shape index (κ1) is 19.3. The summed E-state index contributed by atoms with van der Waals surface area (Å²) in [6, 6.07) is 9.17. The number of carboxylic acids is 1. The maximum absolute atomic E-state index is 13.4. The van der Waals surface area contributed by atoms with Gasteiger partial charge in [0.15, 0.2) is 11.5 Å². The van der Waals surface area contributed by atoms with Crippen molar-refractivity contribution in [2.24, 2.45) is 0 Å². The fourth-order valence-corrected chi connectivity index (χ4v) is 4.38. The molecule has 0 saturated carbocycles. The van der Waals surface area contributed by atoms with Crippen LogP contribution in [0.1, 0.15) is 41.6 Å². The maximum atomic E-state index is 13.4. The van der Waals surface area contributed by atoms with Crippen LogP contribution in [0.25, 0.3) is 22.2 Å². The standard InChI is InChI=1S/C23H21N3O5/c27-13-7-10-26(11-8-13)17-12-16(24-9-3-6-18(28)29)19-20-21(17)25-31-23(20)15-5-2-1-4-14(15)22(19)30/h1-2,4-5,12,24H,3,6-11H2,(H,28,29). The lowest BCUT2D eigenvalue weighted by atomic mass is 9.86. The van der Waals surface area contributed by atoms with Gasteiger partial charge >= 0.3 is 5.97 Å². The van der Waals surface area contributed by atoms with Crippen molar-refractivity contribution >= 4 is 39.8 Å². The summed E-state index contributed by atoms with van der Waals surface area (Å²) in [6.07, 6.45) is 1.41. The maximum Gasteiger partial charge on any atom is 0.303 e. The normalized spacial score (nSPS) is 15.3. The molecule has 2 aliphatic rings. The number of nitrogens with one attached hydrogen (secondary N) is 1. The molecular weight excluding hydrogens is 398 g/mol. The first-order valence-electron chi connectivity index (χ1n) is 10.4. The number of aromatic nitrogens is 1. The quantitative estimate of drug-likeness (QED) is 0.457. The van der Waals surface area contributed by atoms with E-state index in [0.29, 0.717) is 77.9 Å². The average molecular weight is 419 g/mol. The molecule has 0 bridgehead atoms. The number of aliphatic carboxylic acids is 1. The summed E-state index contributed by atoms with van der Waals surface area (Å²) in [5.41, 5.74) is 3.82. The Kier molecular flexibility index (Phi) is 4.69. The second-order valence-corrected chi connectivity index (χ2v) is 7.88. The van der Waals surface area contributed by atoms with Crippen molar-refractivity contribution in [2.45, 2.75) is 25.7 Å². The van der Waals surface area contributed by atoms with Gasteiger partial charge in [0, 0.05) is 55.7 Å². The van der Waals surface area contributed by atoms with E-state index >= 15 is 0 Å². The Hall–Kier alpha value is -3.68. The van der Waals surface area contributed by atoms with Crippen molar-refractivity contribution in [1.82, 2.24) is 5.16 Å². The van der Waals surface area contributed by atoms with Crippen molar-refractivity contribution < 1.29 is 24.0 Å². The number of hydrogen-bond acceptors (Lipinski definition) is 7. The highest BCUT2D eigenvalue weighted by molar-refractivity contribution is 6.28. The van der Waals surface area contributed by atoms with Gasteiger partial charge in [0.05, 0.1) is 16.6 Å². The molecule has 2 aromatic carbocycles. The number of carbonyl (C=O) groups is 3. The summed E-state index contributed by atoms with van der Waals surface area (Å²) in [7, 11) is 0. The Morgan fingerprint density at radius 2 is 1.90 bits per heavy atom. The lowest BCUT2D eigenvalue weighted by molar-refractivity contribution is -0.137. The molecule has 1 fully saturated rings. The van der Waals surface area contributed by atoms with Crippen LogP contribution in [0.5, 0.6) is 0 Å². The minimum absolute atomic E-state index is 0.0426. The summed E-state index contributed by atoms with van der Waals surface area (Å²) >= 11 is 0. The summed E-state index contributed by atoms with van der Waals surface area (Å²) in [5.74, 6) is -0.174. The third-order valence-electron chi connectivity index (χ3n) is 5.92. The van der Waals surface area contributed by atoms with Gasteiger partial charge in [-0.2, -0.15) is 0 Å². The number of ketones is 2. The van der Waals surface area contributed by atoms with E-state index in [-0.39, 0.29) is 18.0 Å². The van der Waals surface area contributed by atoms with Crippen LogP contribution >= 0.6 is 0 Å². The van der Waals surface area contributed by atoms with Gasteiger partial charge in [-0.3, -0.25) is 14.4 Å². The monoisotopic (exact) mass is 419 g/mol. The minimum atomic E-state index is -0.858. The highest BCUT2D eigenvalue weighted by Crippen LogP contribution is 2.46. The van der Waals surface area contributed by atoms with Gasteiger partial charge in [-0.15, -0.1) is 0 Å². The third kappa shape index (κ3) is 3.24. The first-order chi connectivity index (χ1) is 15.0. The second-order valence-electron chi connectivity index (χ2n) is 7.88. The first-order valence-corrected chi connectivity index (χ1v) is 10.4. The molecule has 0 radical (unpaired) electrons. The van der Waals surface area contributed by atoms with Gasteiger partial charge in [-0.25, -0.2) is 0 Å². The Morgan fingerprint density at radius 3 is 2.65 bits per heavy atom. The molecule has 31 heavy (non-hydrogen) atoms. The Labute approximate surface area is 177 Å². The van der Waals surface area contributed by atoms with Crippen LogP contribution in [-0.4, -0.2) is 47.4 Å². The number of fused-ring (bicyclic) bond motifs is 2. The van der Waals surface area contributed by atoms with E-state index in [1.54, 1.807) is 6.07 Å². The predicted molar refractivity (Wildman–Crippen MR) is 115 cm³/mol. The van der Waals surface area contributed by atoms with E-state index < -0.39 is 5.97 Å². The van der Waals surface area contributed by atoms with Crippen LogP contribution in [-0.2, 0) is 9.59 Å². The predicted octanol–water partition coefficient (Wildman–Crippen LogP) is 3.49. The number of benzene rings is 2. The minimum Gasteiger partial charge on any atom is -0.481 e. The third-order valence-corrected chi connectivity index (χ3v) is 5.92. The SMILES string of the molecule is O=C(O)CCCNc1cc(N2CCC(=O)CC2)c2noc3c2c1C(=O)c1ccccc1-3. The summed E-state index contributed by atoms with van der Waals surface area (Å²) in [4.78, 5) is 38.1. The van der Waals surface area contributed by atoms with E-state index in [4.69, 9.17) is 9.63 Å². The van der Waals surface area contributed by atoms with Crippen molar-refractivity contribution in [3.63, 3.8) is 0 Å². The molecule has 158 valence electrons. The molecule has 2 heterocycles. The lowest BCUT2D eigenvalue weighted by Crippen LogP contribution is -2.34. The van der Waals surface area contributed by atoms with Gasteiger partial charge < -0.3 is 19.8 Å². The lowest BCUT2D eigenvalue weighted by Gasteiger charge is -2.29. The number of hydrogen-bond donors (Lipinski definition) is 2. The molecule has 0 unspecified atom stereocenters. The highest BCUT2D eigenvalue weighted by Gasteiger charge is 2.34. The number of Topliss-reactive ketones (excluding diaryl/α,β-unsaturated/α-hetero) is 1. The van der Waals surface area contributed by atoms with Crippen LogP contribution in [0.4, 0.5) is 11.4 Å². The molecule has 8 heteroatoms. The Bertz CT molecular complexity index is 1220. The molecule has 8 nitrogen and oxygen atoms in total. The highest BCUT2D eigenvalue weighted by atomic mass is 16.5. The fourth-order valence-electron chi connectivity index (χ4n) is 4.38. The molecule has 0 spiro atoms. The topological polar surface area (TPSA) is 113 Å². The van der Waals surface area contributed by atoms with Crippen LogP contribution < -0.4 is 10.2 Å². The second kappa shape index (κ2) is 7.54. The zero-order valence-electron chi connectivity index (χ0n) is 16.8. The van der Waals surface area contributed by atoms with Crippen molar-refractivity contribution in [3.8, 4) is 11.3 Å². The molecule has 1 saturated heterocycles. The van der Waals surface area contributed by atoms with Crippen LogP contribution in [0.15, 0.2) is 34.9 Å². The fraction of sp³-hybridized carbons (Fsp3) is 0.304. The molecule has 0 atom stereocenters. The molecule has 1 aliphatic carbocycles. The van der Waals surface area contributed by atoms with Crippen molar-refractivity contribution in [3.05, 3.63) is 41.5 Å². The number of carbonyl (C=O) groups excluding carboxylic acids is 2. The molecule has 2 N–H and O–H groups in total. The summed E-state index contributed by atoms with van der Waals surface area (Å²) < 4.78 is 5.73. The number of piperidine rings is 1. The Balaban J connectivity index is 1.65. The molecule has 3 aromatic rings. The zero-order chi connectivity index (χ0) is 21.5. The number of carboxylic acid groups (broad SMARTS) is 1. The van der Waals surface area contributed by atoms with Crippen molar-refractivity contribution in [2.75, 3.05) is 29.9 Å². The van der Waals surface area contributed by atoms with Crippen molar-refractivity contribution in [1.29, 1.82) is 0 Å². The molecule has 5 rings (SSSR count). The van der Waals surface area contributed by atoms with Gasteiger partial charge in [0.2, 0.25) is 0 Å². The van der Waals surface area contributed by atoms with Gasteiger partial charge in [-0.05, 0) is 12.5 Å². The average Bonchev–Trinajstić information content (AvgIpc) is 3.21. The molecule has 1 aliphatic heterocycles. The summed E-state index contributed by atoms with van der Waals surface area (Å²) in [5, 5.41) is 17.2. The van der Waals surface area contributed by atoms with Gasteiger partial charge in [0.1, 0.15) is 11.3 Å². The smallest absolute Gasteiger partial charge is 0.303 e. The van der Waals surface area contributed by atoms with E-state index in [2.05, 4.69) is 15.4 Å². The van der Waals surface area contributed by atoms with Crippen LogP contribution in [0, 0.1) is 0 Å². The molecule has 1 aromatic heterocycles. The van der Waals surface area contributed by atoms with Crippen LogP contribution in [0.2, 0.25) is 0 Å². The van der Waals surface area contributed by atoms with E-state index in [1.807, 2.05) is 24.3 Å². The summed E-state index contributed by atoms with van der Waals surface area (Å²) in [6.45, 7) is 1.58. The Morgan fingerprint density at radius 1 is 1.16 bits per heavy atom. The van der Waals surface area contributed by atoms with E-state index in [0.717, 1.165) is 5.69 Å². The van der Waals surface area contributed by atoms with E-state index in [9.17, 15) is 14.4 Å². The van der Waals surface area contributed by atoms with Gasteiger partial charge in [-0.1, -0.05) is 29.4 Å². The largest absolute Gasteiger partial charge is 0.481 e. The number of rotatable bonds is 6. The van der Waals surface area contributed by atoms with Gasteiger partial charge in [0.25, 0.3) is 0 Å². The zero-order valence-corrected chi connectivity index (χ0v) is 16.8.